The van der Waals surface area contributed by atoms with Crippen molar-refractivity contribution in [3.05, 3.63) is 11.8 Å². The molecule has 0 aliphatic heterocycles. The van der Waals surface area contributed by atoms with Crippen molar-refractivity contribution < 1.29 is 13.3 Å². The fraction of sp³-hybridized carbons (Fsp3) is 0.833. The van der Waals surface area contributed by atoms with Crippen molar-refractivity contribution in [2.45, 2.75) is 65.3 Å². The van der Waals surface area contributed by atoms with Crippen LogP contribution in [0.15, 0.2) is 11.8 Å². The van der Waals surface area contributed by atoms with Crippen molar-refractivity contribution in [1.29, 1.82) is 0 Å². The highest BCUT2D eigenvalue weighted by molar-refractivity contribution is 6.89. The fourth-order valence-corrected chi connectivity index (χ4v) is 13.2. The van der Waals surface area contributed by atoms with Crippen molar-refractivity contribution in [2.75, 3.05) is 0 Å². The van der Waals surface area contributed by atoms with Crippen LogP contribution < -0.4 is 0 Å². The zero-order valence-electron chi connectivity index (χ0n) is 13.4. The Morgan fingerprint density at radius 3 is 1.39 bits per heavy atom. The fourth-order valence-electron chi connectivity index (χ4n) is 1.66. The molecular formula is C12H30O3Si3. The summed E-state index contributed by atoms with van der Waals surface area (Å²) in [7, 11) is -5.67. The van der Waals surface area contributed by atoms with Crippen LogP contribution >= 0.6 is 0 Å². The Kier molecular flexibility index (Phi) is 5.81. The van der Waals surface area contributed by atoms with Crippen LogP contribution in [-0.4, -0.2) is 35.9 Å². The van der Waals surface area contributed by atoms with Crippen molar-refractivity contribution in [2.24, 2.45) is 0 Å². The second kappa shape index (κ2) is 5.72. The molecule has 0 fully saturated rings. The van der Waals surface area contributed by atoms with Crippen LogP contribution in [0, 0.1) is 0 Å². The molecule has 0 spiro atoms. The number of hydrogen-bond acceptors (Lipinski definition) is 3. The third-order valence-electron chi connectivity index (χ3n) is 1.81. The van der Waals surface area contributed by atoms with Gasteiger partial charge in [0.25, 0.3) is 0 Å². The van der Waals surface area contributed by atoms with Gasteiger partial charge in [0.2, 0.25) is 0 Å². The van der Waals surface area contributed by atoms with Crippen molar-refractivity contribution in [3.8, 4) is 0 Å². The van der Waals surface area contributed by atoms with Gasteiger partial charge in [0.1, 0.15) is 0 Å². The molecule has 0 rings (SSSR count). The van der Waals surface area contributed by atoms with E-state index in [0.717, 1.165) is 0 Å². The van der Waals surface area contributed by atoms with E-state index in [9.17, 15) is 5.11 Å². The molecule has 0 amide bonds. The molecule has 0 aromatic rings. The molecule has 3 nitrogen and oxygen atoms in total. The second-order valence-electron chi connectivity index (χ2n) is 7.43. The van der Waals surface area contributed by atoms with Crippen molar-refractivity contribution >= 4 is 25.2 Å². The van der Waals surface area contributed by atoms with Gasteiger partial charge in [0, 0.05) is 0 Å². The lowest BCUT2D eigenvalue weighted by molar-refractivity contribution is 0.133. The molecule has 108 valence electrons. The Bertz CT molecular complexity index is 279. The maximum atomic E-state index is 9.82. The Morgan fingerprint density at radius 1 is 0.833 bits per heavy atom. The van der Waals surface area contributed by atoms with Gasteiger partial charge in [-0.15, -0.1) is 0 Å². The Hall–Kier alpha value is 0.271. The smallest absolute Gasteiger partial charge is 0.341 e. The molecule has 0 radical (unpaired) electrons. The first-order valence-electron chi connectivity index (χ1n) is 6.45. The van der Waals surface area contributed by atoms with Gasteiger partial charge in [-0.2, -0.15) is 0 Å². The molecule has 0 aliphatic carbocycles. The average molecular weight is 307 g/mol. The highest BCUT2D eigenvalue weighted by Gasteiger charge is 2.38. The lowest BCUT2D eigenvalue weighted by Crippen LogP contribution is -2.51. The molecule has 0 aliphatic rings. The summed E-state index contributed by atoms with van der Waals surface area (Å²) in [4.78, 5) is 0. The van der Waals surface area contributed by atoms with Crippen LogP contribution in [0.3, 0.4) is 0 Å². The molecule has 0 aromatic heterocycles. The van der Waals surface area contributed by atoms with E-state index in [2.05, 4.69) is 45.8 Å². The average Bonchev–Trinajstić information content (AvgIpc) is 1.91. The molecule has 1 N–H and O–H groups in total. The summed E-state index contributed by atoms with van der Waals surface area (Å²) in [5.74, 6) is 0. The summed E-state index contributed by atoms with van der Waals surface area (Å²) >= 11 is 0. The van der Waals surface area contributed by atoms with E-state index < -0.39 is 30.8 Å². The largest absolute Gasteiger partial charge is 0.434 e. The van der Waals surface area contributed by atoms with Crippen molar-refractivity contribution in [3.63, 3.8) is 0 Å². The summed E-state index contributed by atoms with van der Waals surface area (Å²) in [6, 6.07) is 0. The molecule has 0 atom stereocenters. The molecule has 0 bridgehead atoms. The predicted molar refractivity (Wildman–Crippen MR) is 85.9 cm³/mol. The van der Waals surface area contributed by atoms with Gasteiger partial charge in [-0.25, -0.2) is 0 Å². The Balaban J connectivity index is 5.11. The maximum absolute atomic E-state index is 9.82. The first kappa shape index (κ1) is 18.3. The minimum Gasteiger partial charge on any atom is -0.434 e. The lowest BCUT2D eigenvalue weighted by atomic mass is 10.1. The van der Waals surface area contributed by atoms with Crippen LogP contribution in [0.1, 0.15) is 13.8 Å². The molecule has 0 heterocycles. The van der Waals surface area contributed by atoms with Gasteiger partial charge in [-0.05, 0) is 65.4 Å². The van der Waals surface area contributed by atoms with Crippen LogP contribution in [0.4, 0.5) is 0 Å². The summed E-state index contributed by atoms with van der Waals surface area (Å²) in [6.07, 6.45) is 1.81. The lowest BCUT2D eigenvalue weighted by Gasteiger charge is -2.36. The van der Waals surface area contributed by atoms with Gasteiger partial charge in [0.15, 0.2) is 16.6 Å². The monoisotopic (exact) mass is 306 g/mol. The number of rotatable bonds is 6. The Labute approximate surface area is 116 Å². The third kappa shape index (κ3) is 10.2. The minimum atomic E-state index is -2.35. The van der Waals surface area contributed by atoms with E-state index in [0.29, 0.717) is 0 Å². The second-order valence-corrected chi connectivity index (χ2v) is 19.9. The van der Waals surface area contributed by atoms with Gasteiger partial charge in [0.05, 0.1) is 5.60 Å². The van der Waals surface area contributed by atoms with Gasteiger partial charge in [-0.3, -0.25) is 0 Å². The molecule has 18 heavy (non-hydrogen) atoms. The third-order valence-corrected chi connectivity index (χ3v) is 10.7. The first-order valence-corrected chi connectivity index (χ1v) is 15.7. The summed E-state index contributed by atoms with van der Waals surface area (Å²) in [5.41, 5.74) is 1.17. The van der Waals surface area contributed by atoms with E-state index in [-0.39, 0.29) is 0 Å². The van der Waals surface area contributed by atoms with E-state index >= 15 is 0 Å². The van der Waals surface area contributed by atoms with Gasteiger partial charge < -0.3 is 13.3 Å². The molecular weight excluding hydrogens is 276 g/mol. The van der Waals surface area contributed by atoms with Crippen molar-refractivity contribution in [1.82, 2.24) is 0 Å². The van der Waals surface area contributed by atoms with Gasteiger partial charge >= 0.3 is 8.56 Å². The minimum absolute atomic E-state index is 0.820. The zero-order valence-corrected chi connectivity index (χ0v) is 16.4. The first-order chi connectivity index (χ1) is 7.62. The summed E-state index contributed by atoms with van der Waals surface area (Å²) in [5, 5.41) is 9.82. The molecule has 6 heteroatoms. The molecule has 0 unspecified atom stereocenters. The quantitative estimate of drug-likeness (QED) is 0.762. The summed E-state index contributed by atoms with van der Waals surface area (Å²) in [6.45, 7) is 18.6. The van der Waals surface area contributed by atoms with Crippen LogP contribution in [-0.2, 0) is 8.23 Å². The van der Waals surface area contributed by atoms with Crippen LogP contribution in [0.25, 0.3) is 0 Å². The zero-order chi connectivity index (χ0) is 14.8. The maximum Gasteiger partial charge on any atom is 0.341 e. The standard InChI is InChI=1S/C12H30O3Si3/c1-12(2,13)10-11-18(9,14-16(3,4)5)15-17(6,7)8/h10-11,13H,1-9H3/b11-10+. The topological polar surface area (TPSA) is 38.7 Å². The summed E-state index contributed by atoms with van der Waals surface area (Å²) < 4.78 is 12.6. The highest BCUT2D eigenvalue weighted by Crippen LogP contribution is 2.22. The highest BCUT2D eigenvalue weighted by atomic mass is 28.5. The molecule has 0 saturated heterocycles. The Morgan fingerprint density at radius 2 is 1.17 bits per heavy atom. The van der Waals surface area contributed by atoms with Crippen LogP contribution in [0.5, 0.6) is 0 Å². The van der Waals surface area contributed by atoms with E-state index in [1.54, 1.807) is 19.9 Å². The normalized spacial score (nSPS) is 15.4. The molecule has 0 saturated carbocycles. The number of hydrogen-bond donors (Lipinski definition) is 1. The van der Waals surface area contributed by atoms with Crippen LogP contribution in [0.2, 0.25) is 45.8 Å². The number of aliphatic hydroxyl groups is 1. The van der Waals surface area contributed by atoms with E-state index in [1.165, 1.54) is 0 Å². The predicted octanol–water partition coefficient (Wildman–Crippen LogP) is 3.63. The SMILES string of the molecule is CC(C)(O)/C=C/[Si](C)(O[Si](C)(C)C)O[Si](C)(C)C. The van der Waals surface area contributed by atoms with Gasteiger partial charge in [-0.1, -0.05) is 6.08 Å². The molecule has 0 aromatic carbocycles. The van der Waals surface area contributed by atoms with E-state index in [4.69, 9.17) is 8.23 Å². The van der Waals surface area contributed by atoms with E-state index in [1.807, 2.05) is 5.70 Å².